The van der Waals surface area contributed by atoms with Crippen LogP contribution < -0.4 is 10.1 Å². The van der Waals surface area contributed by atoms with Crippen molar-refractivity contribution in [1.82, 2.24) is 10.1 Å². The summed E-state index contributed by atoms with van der Waals surface area (Å²) in [5.41, 5.74) is 2.54. The van der Waals surface area contributed by atoms with E-state index in [2.05, 4.69) is 15.5 Å². The summed E-state index contributed by atoms with van der Waals surface area (Å²) in [5.74, 6) is -0.0543. The van der Waals surface area contributed by atoms with Crippen LogP contribution in [0.1, 0.15) is 21.7 Å². The molecule has 6 heteroatoms. The number of anilines is 1. The van der Waals surface area contributed by atoms with Gasteiger partial charge in [-0.2, -0.15) is 0 Å². The first-order chi connectivity index (χ1) is 11.2. The molecule has 3 aromatic rings. The summed E-state index contributed by atoms with van der Waals surface area (Å²) in [6, 6.07) is 12.9. The monoisotopic (exact) mass is 309 g/mol. The zero-order chi connectivity index (χ0) is 16.1. The highest BCUT2D eigenvalue weighted by Gasteiger charge is 2.15. The van der Waals surface area contributed by atoms with E-state index in [0.717, 1.165) is 11.1 Å². The minimum Gasteiger partial charge on any atom is -0.471 e. The van der Waals surface area contributed by atoms with Crippen LogP contribution in [-0.2, 0) is 6.61 Å². The van der Waals surface area contributed by atoms with Gasteiger partial charge in [-0.1, -0.05) is 30.3 Å². The van der Waals surface area contributed by atoms with Crippen molar-refractivity contribution >= 4 is 11.6 Å². The Hall–Kier alpha value is -3.15. The van der Waals surface area contributed by atoms with E-state index < -0.39 is 5.91 Å². The van der Waals surface area contributed by atoms with E-state index in [-0.39, 0.29) is 11.6 Å². The van der Waals surface area contributed by atoms with Crippen LogP contribution in [0.15, 0.2) is 59.4 Å². The Morgan fingerprint density at radius 2 is 2.09 bits per heavy atom. The first kappa shape index (κ1) is 14.8. The van der Waals surface area contributed by atoms with Gasteiger partial charge in [0.15, 0.2) is 0 Å². The minimum absolute atomic E-state index is 0.0799. The molecule has 2 aromatic heterocycles. The number of aromatic nitrogens is 2. The molecule has 0 bridgehead atoms. The molecule has 1 amide bonds. The van der Waals surface area contributed by atoms with E-state index in [1.54, 1.807) is 12.4 Å². The van der Waals surface area contributed by atoms with Crippen molar-refractivity contribution < 1.29 is 14.1 Å². The van der Waals surface area contributed by atoms with Crippen molar-refractivity contribution in [2.24, 2.45) is 0 Å². The van der Waals surface area contributed by atoms with Crippen LogP contribution in [0.3, 0.4) is 0 Å². The van der Waals surface area contributed by atoms with Crippen molar-refractivity contribution in [2.75, 3.05) is 5.32 Å². The van der Waals surface area contributed by atoms with Crippen molar-refractivity contribution in [3.63, 3.8) is 0 Å². The van der Waals surface area contributed by atoms with Crippen LogP contribution in [0.4, 0.5) is 5.69 Å². The van der Waals surface area contributed by atoms with Gasteiger partial charge in [0.05, 0.1) is 18.0 Å². The van der Waals surface area contributed by atoms with Crippen molar-refractivity contribution in [2.45, 2.75) is 13.5 Å². The van der Waals surface area contributed by atoms with Crippen LogP contribution in [0.5, 0.6) is 5.88 Å². The second-order valence-electron chi connectivity index (χ2n) is 4.95. The highest BCUT2D eigenvalue weighted by atomic mass is 16.5. The van der Waals surface area contributed by atoms with Gasteiger partial charge in [0.1, 0.15) is 6.61 Å². The van der Waals surface area contributed by atoms with Crippen LogP contribution in [0.2, 0.25) is 0 Å². The van der Waals surface area contributed by atoms with Gasteiger partial charge < -0.3 is 14.6 Å². The molecule has 1 N–H and O–H groups in total. The molecule has 0 spiro atoms. The molecule has 0 unspecified atom stereocenters. The Bertz CT molecular complexity index is 800. The second-order valence-corrected chi connectivity index (χ2v) is 4.95. The largest absolute Gasteiger partial charge is 0.471 e. The molecule has 3 rings (SSSR count). The number of pyridine rings is 1. The second kappa shape index (κ2) is 6.74. The number of amides is 1. The maximum atomic E-state index is 12.1. The van der Waals surface area contributed by atoms with E-state index in [0.29, 0.717) is 12.3 Å². The number of ether oxygens (including phenoxy) is 1. The van der Waals surface area contributed by atoms with Crippen LogP contribution in [0.25, 0.3) is 0 Å². The number of nitrogens with zero attached hydrogens (tertiary/aromatic N) is 2. The molecule has 0 aliphatic carbocycles. The first-order valence-corrected chi connectivity index (χ1v) is 7.08. The SMILES string of the molecule is Cc1ccncc1NC(=O)c1cc(OCc2ccccc2)no1. The fourth-order valence-electron chi connectivity index (χ4n) is 1.94. The molecule has 23 heavy (non-hydrogen) atoms. The third-order valence-corrected chi connectivity index (χ3v) is 3.23. The zero-order valence-corrected chi connectivity index (χ0v) is 12.5. The van der Waals surface area contributed by atoms with Crippen molar-refractivity contribution in [3.05, 3.63) is 71.7 Å². The third kappa shape index (κ3) is 3.74. The average molecular weight is 309 g/mol. The first-order valence-electron chi connectivity index (χ1n) is 7.08. The zero-order valence-electron chi connectivity index (χ0n) is 12.5. The summed E-state index contributed by atoms with van der Waals surface area (Å²) in [6.45, 7) is 2.24. The standard InChI is InChI=1S/C17H15N3O3/c1-12-7-8-18-10-14(12)19-17(21)15-9-16(20-23-15)22-11-13-5-3-2-4-6-13/h2-10H,11H2,1H3,(H,19,21). The lowest BCUT2D eigenvalue weighted by Gasteiger charge is -2.04. The van der Waals surface area contributed by atoms with E-state index in [9.17, 15) is 4.79 Å². The Labute approximate surface area is 133 Å². The fourth-order valence-corrected chi connectivity index (χ4v) is 1.94. The molecule has 0 fully saturated rings. The number of hydrogen-bond acceptors (Lipinski definition) is 5. The van der Waals surface area contributed by atoms with Gasteiger partial charge >= 0.3 is 0 Å². The minimum atomic E-state index is -0.400. The van der Waals surface area contributed by atoms with Gasteiger partial charge in [-0.25, -0.2) is 0 Å². The van der Waals surface area contributed by atoms with Gasteiger partial charge in [0, 0.05) is 6.20 Å². The Balaban J connectivity index is 1.62. The van der Waals surface area contributed by atoms with Crippen molar-refractivity contribution in [1.29, 1.82) is 0 Å². The van der Waals surface area contributed by atoms with Gasteiger partial charge in [-0.3, -0.25) is 9.78 Å². The van der Waals surface area contributed by atoms with Crippen LogP contribution in [0, 0.1) is 6.92 Å². The maximum Gasteiger partial charge on any atom is 0.294 e. The summed E-state index contributed by atoms with van der Waals surface area (Å²) in [6.07, 6.45) is 3.24. The lowest BCUT2D eigenvalue weighted by molar-refractivity contribution is 0.0987. The summed E-state index contributed by atoms with van der Waals surface area (Å²) < 4.78 is 10.5. The summed E-state index contributed by atoms with van der Waals surface area (Å²) in [4.78, 5) is 16.1. The Kier molecular flexibility index (Phi) is 4.33. The lowest BCUT2D eigenvalue weighted by atomic mass is 10.2. The normalized spacial score (nSPS) is 10.3. The predicted molar refractivity (Wildman–Crippen MR) is 84.2 cm³/mol. The molecule has 0 atom stereocenters. The predicted octanol–water partition coefficient (Wildman–Crippen LogP) is 3.21. The Morgan fingerprint density at radius 1 is 1.26 bits per heavy atom. The van der Waals surface area contributed by atoms with Gasteiger partial charge in [-0.05, 0) is 29.3 Å². The van der Waals surface area contributed by atoms with E-state index in [1.807, 2.05) is 43.3 Å². The molecule has 0 radical (unpaired) electrons. The number of aryl methyl sites for hydroxylation is 1. The third-order valence-electron chi connectivity index (χ3n) is 3.23. The molecular formula is C17H15N3O3. The molecule has 1 aromatic carbocycles. The lowest BCUT2D eigenvalue weighted by Crippen LogP contribution is -2.12. The number of nitrogens with one attached hydrogen (secondary N) is 1. The molecular weight excluding hydrogens is 294 g/mol. The number of carbonyl (C=O) groups excluding carboxylic acids is 1. The van der Waals surface area contributed by atoms with E-state index >= 15 is 0 Å². The average Bonchev–Trinajstić information content (AvgIpc) is 3.05. The molecule has 6 nitrogen and oxygen atoms in total. The van der Waals surface area contributed by atoms with Crippen molar-refractivity contribution in [3.8, 4) is 5.88 Å². The molecule has 116 valence electrons. The van der Waals surface area contributed by atoms with Gasteiger partial charge in [-0.15, -0.1) is 0 Å². The Morgan fingerprint density at radius 3 is 2.87 bits per heavy atom. The number of benzene rings is 1. The summed E-state index contributed by atoms with van der Waals surface area (Å²) in [5, 5.41) is 6.47. The molecule has 2 heterocycles. The van der Waals surface area contributed by atoms with Gasteiger partial charge in [0.2, 0.25) is 5.76 Å². The van der Waals surface area contributed by atoms with E-state index in [4.69, 9.17) is 9.26 Å². The molecule has 0 aliphatic heterocycles. The highest BCUT2D eigenvalue weighted by molar-refractivity contribution is 6.02. The summed E-state index contributed by atoms with van der Waals surface area (Å²) in [7, 11) is 0. The molecule has 0 saturated heterocycles. The smallest absolute Gasteiger partial charge is 0.294 e. The topological polar surface area (TPSA) is 77.2 Å². The van der Waals surface area contributed by atoms with Gasteiger partial charge in [0.25, 0.3) is 11.8 Å². The fraction of sp³-hybridized carbons (Fsp3) is 0.118. The number of carbonyl (C=O) groups is 1. The maximum absolute atomic E-state index is 12.1. The summed E-state index contributed by atoms with van der Waals surface area (Å²) >= 11 is 0. The molecule has 0 aliphatic rings. The quantitative estimate of drug-likeness (QED) is 0.783. The number of hydrogen-bond donors (Lipinski definition) is 1. The van der Waals surface area contributed by atoms with Crippen LogP contribution >= 0.6 is 0 Å². The van der Waals surface area contributed by atoms with Crippen LogP contribution in [-0.4, -0.2) is 16.0 Å². The molecule has 0 saturated carbocycles. The van der Waals surface area contributed by atoms with E-state index in [1.165, 1.54) is 6.07 Å². The number of rotatable bonds is 5. The highest BCUT2D eigenvalue weighted by Crippen LogP contribution is 2.17.